The third-order valence-electron chi connectivity index (χ3n) is 2.33. The Labute approximate surface area is 104 Å². The lowest BCUT2D eigenvalue weighted by Gasteiger charge is -2.05. The minimum absolute atomic E-state index is 0.0188. The fourth-order valence-electron chi connectivity index (χ4n) is 1.35. The number of carbonyl (C=O) groups is 2. The van der Waals surface area contributed by atoms with E-state index in [1.165, 1.54) is 0 Å². The number of hydrogen-bond donors (Lipinski definition) is 3. The van der Waals surface area contributed by atoms with Gasteiger partial charge in [0.25, 0.3) is 0 Å². The maximum Gasteiger partial charge on any atom is 0.220 e. The second kappa shape index (κ2) is 11.4. The first kappa shape index (κ1) is 15.9. The molecule has 0 atom stereocenters. The zero-order valence-corrected chi connectivity index (χ0v) is 10.8. The van der Waals surface area contributed by atoms with E-state index in [0.29, 0.717) is 38.9 Å². The predicted octanol–water partition coefficient (Wildman–Crippen LogP) is 0.538. The number of carbonyl (C=O) groups excluding carboxylic acids is 2. The molecule has 0 saturated heterocycles. The van der Waals surface area contributed by atoms with Gasteiger partial charge in [-0.1, -0.05) is 6.92 Å². The molecule has 0 saturated carbocycles. The monoisotopic (exact) mass is 243 g/mol. The van der Waals surface area contributed by atoms with Crippen molar-refractivity contribution < 1.29 is 9.59 Å². The molecule has 0 aliphatic rings. The Morgan fingerprint density at radius 2 is 1.53 bits per heavy atom. The van der Waals surface area contributed by atoms with Gasteiger partial charge in [-0.3, -0.25) is 9.59 Å². The van der Waals surface area contributed by atoms with Crippen LogP contribution in [0, 0.1) is 0 Å². The Hall–Kier alpha value is -1.10. The van der Waals surface area contributed by atoms with E-state index in [0.717, 1.165) is 19.3 Å². The van der Waals surface area contributed by atoms with Crippen molar-refractivity contribution in [3.8, 4) is 0 Å². The average molecular weight is 243 g/mol. The summed E-state index contributed by atoms with van der Waals surface area (Å²) in [5, 5.41) is 5.59. The van der Waals surface area contributed by atoms with Crippen molar-refractivity contribution in [2.75, 3.05) is 19.6 Å². The summed E-state index contributed by atoms with van der Waals surface area (Å²) in [4.78, 5) is 22.6. The van der Waals surface area contributed by atoms with Crippen molar-refractivity contribution in [3.05, 3.63) is 0 Å². The van der Waals surface area contributed by atoms with Crippen LogP contribution in [0.25, 0.3) is 0 Å². The molecule has 0 aliphatic carbocycles. The van der Waals surface area contributed by atoms with E-state index in [2.05, 4.69) is 10.6 Å². The van der Waals surface area contributed by atoms with E-state index in [9.17, 15) is 9.59 Å². The number of nitrogens with one attached hydrogen (secondary N) is 2. The van der Waals surface area contributed by atoms with Crippen LogP contribution in [-0.2, 0) is 9.59 Å². The van der Waals surface area contributed by atoms with Gasteiger partial charge in [0.05, 0.1) is 0 Å². The summed E-state index contributed by atoms with van der Waals surface area (Å²) >= 11 is 0. The molecule has 5 nitrogen and oxygen atoms in total. The summed E-state index contributed by atoms with van der Waals surface area (Å²) in [5.41, 5.74) is 5.34. The number of rotatable bonds is 10. The summed E-state index contributed by atoms with van der Waals surface area (Å²) in [5.74, 6) is 0.0492. The van der Waals surface area contributed by atoms with Crippen molar-refractivity contribution in [2.45, 2.75) is 45.4 Å². The predicted molar refractivity (Wildman–Crippen MR) is 68.4 cm³/mol. The summed E-state index contributed by atoms with van der Waals surface area (Å²) in [6.45, 7) is 4.06. The van der Waals surface area contributed by atoms with E-state index < -0.39 is 0 Å². The third kappa shape index (κ3) is 11.2. The second-order valence-electron chi connectivity index (χ2n) is 4.05. The quantitative estimate of drug-likeness (QED) is 0.490. The number of nitrogens with two attached hydrogens (primary N) is 1. The topological polar surface area (TPSA) is 84.2 Å². The molecule has 4 N–H and O–H groups in total. The highest BCUT2D eigenvalue weighted by atomic mass is 16.2. The molecule has 0 unspecified atom stereocenters. The molecule has 0 aromatic heterocycles. The number of unbranched alkanes of at least 4 members (excludes halogenated alkanes) is 1. The molecule has 5 heteroatoms. The maximum absolute atomic E-state index is 11.3. The molecule has 0 heterocycles. The van der Waals surface area contributed by atoms with E-state index in [1.807, 2.05) is 6.92 Å². The highest BCUT2D eigenvalue weighted by Gasteiger charge is 2.03. The van der Waals surface area contributed by atoms with Gasteiger partial charge in [-0.05, 0) is 32.2 Å². The van der Waals surface area contributed by atoms with Gasteiger partial charge < -0.3 is 16.4 Å². The summed E-state index contributed by atoms with van der Waals surface area (Å²) in [6, 6.07) is 0. The smallest absolute Gasteiger partial charge is 0.220 e. The minimum Gasteiger partial charge on any atom is -0.356 e. The zero-order valence-electron chi connectivity index (χ0n) is 10.8. The second-order valence-corrected chi connectivity index (χ2v) is 4.05. The summed E-state index contributed by atoms with van der Waals surface area (Å²) < 4.78 is 0. The molecule has 100 valence electrons. The van der Waals surface area contributed by atoms with Crippen molar-refractivity contribution >= 4 is 11.8 Å². The van der Waals surface area contributed by atoms with Gasteiger partial charge in [-0.25, -0.2) is 0 Å². The molecular formula is C12H25N3O2. The molecular weight excluding hydrogens is 218 g/mol. The molecule has 0 rings (SSSR count). The van der Waals surface area contributed by atoms with Gasteiger partial charge in [0, 0.05) is 25.9 Å². The van der Waals surface area contributed by atoms with Crippen LogP contribution in [0.15, 0.2) is 0 Å². The van der Waals surface area contributed by atoms with E-state index in [4.69, 9.17) is 5.73 Å². The van der Waals surface area contributed by atoms with Crippen LogP contribution in [-0.4, -0.2) is 31.4 Å². The molecule has 0 aromatic carbocycles. The molecule has 17 heavy (non-hydrogen) atoms. The maximum atomic E-state index is 11.3. The van der Waals surface area contributed by atoms with Crippen LogP contribution in [0.4, 0.5) is 0 Å². The Bertz CT molecular complexity index is 220. The number of amides is 2. The van der Waals surface area contributed by atoms with Crippen LogP contribution in [0.2, 0.25) is 0 Å². The molecule has 0 spiro atoms. The third-order valence-corrected chi connectivity index (χ3v) is 2.33. The minimum atomic E-state index is 0.0188. The van der Waals surface area contributed by atoms with Crippen LogP contribution in [0.1, 0.15) is 45.4 Å². The highest BCUT2D eigenvalue weighted by Crippen LogP contribution is 1.95. The Morgan fingerprint density at radius 3 is 2.06 bits per heavy atom. The van der Waals surface area contributed by atoms with Crippen LogP contribution in [0.3, 0.4) is 0 Å². The van der Waals surface area contributed by atoms with Crippen molar-refractivity contribution in [1.29, 1.82) is 0 Å². The molecule has 0 bridgehead atoms. The van der Waals surface area contributed by atoms with Gasteiger partial charge in [-0.15, -0.1) is 0 Å². The highest BCUT2D eigenvalue weighted by molar-refractivity contribution is 5.78. The molecule has 0 fully saturated rings. The molecule has 2 amide bonds. The first-order valence-electron chi connectivity index (χ1n) is 6.44. The molecule has 0 aliphatic heterocycles. The van der Waals surface area contributed by atoms with Gasteiger partial charge in [0.15, 0.2) is 0 Å². The Kier molecular flexibility index (Phi) is 10.7. The first-order chi connectivity index (χ1) is 8.20. The fraction of sp³-hybridized carbons (Fsp3) is 0.833. The lowest BCUT2D eigenvalue weighted by atomic mass is 10.2. The lowest BCUT2D eigenvalue weighted by molar-refractivity contribution is -0.122. The normalized spacial score (nSPS) is 10.0. The van der Waals surface area contributed by atoms with Gasteiger partial charge in [-0.2, -0.15) is 0 Å². The number of hydrogen-bond acceptors (Lipinski definition) is 3. The SMILES string of the molecule is CCCNC(=O)CCCC(=O)NCCCCN. The molecule has 0 radical (unpaired) electrons. The standard InChI is InChI=1S/C12H25N3O2/c1-2-9-14-11(16)6-5-7-12(17)15-10-4-3-8-13/h2-10,13H2,1H3,(H,14,16)(H,15,17). The van der Waals surface area contributed by atoms with Crippen molar-refractivity contribution in [2.24, 2.45) is 5.73 Å². The first-order valence-corrected chi connectivity index (χ1v) is 6.44. The van der Waals surface area contributed by atoms with Crippen molar-refractivity contribution in [3.63, 3.8) is 0 Å². The van der Waals surface area contributed by atoms with Gasteiger partial charge >= 0.3 is 0 Å². The van der Waals surface area contributed by atoms with Gasteiger partial charge in [0.2, 0.25) is 11.8 Å². The fourth-order valence-corrected chi connectivity index (χ4v) is 1.35. The lowest BCUT2D eigenvalue weighted by Crippen LogP contribution is -2.26. The largest absolute Gasteiger partial charge is 0.356 e. The zero-order chi connectivity index (χ0) is 12.9. The van der Waals surface area contributed by atoms with E-state index in [-0.39, 0.29) is 11.8 Å². The summed E-state index contributed by atoms with van der Waals surface area (Å²) in [7, 11) is 0. The van der Waals surface area contributed by atoms with E-state index >= 15 is 0 Å². The summed E-state index contributed by atoms with van der Waals surface area (Å²) in [6.07, 6.45) is 4.24. The van der Waals surface area contributed by atoms with Crippen molar-refractivity contribution in [1.82, 2.24) is 10.6 Å². The van der Waals surface area contributed by atoms with Crippen LogP contribution in [0.5, 0.6) is 0 Å². The van der Waals surface area contributed by atoms with E-state index in [1.54, 1.807) is 0 Å². The van der Waals surface area contributed by atoms with Crippen LogP contribution < -0.4 is 16.4 Å². The Balaban J connectivity index is 3.35. The molecule has 0 aromatic rings. The Morgan fingerprint density at radius 1 is 0.941 bits per heavy atom. The average Bonchev–Trinajstić information content (AvgIpc) is 2.32. The van der Waals surface area contributed by atoms with Crippen LogP contribution >= 0.6 is 0 Å². The van der Waals surface area contributed by atoms with Gasteiger partial charge in [0.1, 0.15) is 0 Å².